The van der Waals surface area contributed by atoms with Crippen LogP contribution in [0.5, 0.6) is 5.75 Å². The lowest BCUT2D eigenvalue weighted by molar-refractivity contribution is -0.385. The van der Waals surface area contributed by atoms with Gasteiger partial charge >= 0.3 is 0 Å². The summed E-state index contributed by atoms with van der Waals surface area (Å²) in [6.45, 7) is 1.70. The highest BCUT2D eigenvalue weighted by Crippen LogP contribution is 2.50. The van der Waals surface area contributed by atoms with Crippen molar-refractivity contribution >= 4 is 11.5 Å². The number of carbonyl (C=O) groups is 1. The first-order valence-corrected chi connectivity index (χ1v) is 7.48. The fraction of sp³-hybridized carbons (Fsp3) is 0.562. The Morgan fingerprint density at radius 1 is 1.29 bits per heavy atom. The molecular weight excluding hydrogens is 270 g/mol. The van der Waals surface area contributed by atoms with E-state index in [2.05, 4.69) is 0 Å². The second-order valence-corrected chi connectivity index (χ2v) is 6.11. The third-order valence-electron chi connectivity index (χ3n) is 5.01. The number of Topliss-reactive ketones (excluding diaryl/α,β-unsaturated/α-hetero) is 1. The average molecular weight is 289 g/mol. The van der Waals surface area contributed by atoms with E-state index in [1.54, 1.807) is 19.1 Å². The Morgan fingerprint density at radius 3 is 2.62 bits per heavy atom. The van der Waals surface area contributed by atoms with Gasteiger partial charge in [-0.05, 0) is 25.8 Å². The van der Waals surface area contributed by atoms with Crippen LogP contribution in [0.3, 0.4) is 0 Å². The number of benzene rings is 1. The monoisotopic (exact) mass is 289 g/mol. The molecule has 0 amide bonds. The van der Waals surface area contributed by atoms with Gasteiger partial charge in [0.15, 0.2) is 0 Å². The van der Waals surface area contributed by atoms with Crippen LogP contribution < -0.4 is 4.74 Å². The van der Waals surface area contributed by atoms with E-state index < -0.39 is 4.92 Å². The summed E-state index contributed by atoms with van der Waals surface area (Å²) in [4.78, 5) is 22.7. The molecule has 5 heteroatoms. The molecule has 1 atom stereocenters. The predicted molar refractivity (Wildman–Crippen MR) is 77.4 cm³/mol. The maximum Gasteiger partial charge on any atom is 0.276 e. The topological polar surface area (TPSA) is 69.4 Å². The minimum Gasteiger partial charge on any atom is -0.488 e. The third-order valence-corrected chi connectivity index (χ3v) is 5.01. The molecule has 0 heterocycles. The van der Waals surface area contributed by atoms with Gasteiger partial charge in [0.05, 0.1) is 15.9 Å². The van der Waals surface area contributed by atoms with Gasteiger partial charge in [-0.15, -0.1) is 0 Å². The Labute approximate surface area is 123 Å². The van der Waals surface area contributed by atoms with Crippen LogP contribution in [0.15, 0.2) is 18.2 Å². The molecule has 1 aromatic rings. The van der Waals surface area contributed by atoms with Gasteiger partial charge in [0.25, 0.3) is 5.69 Å². The summed E-state index contributed by atoms with van der Waals surface area (Å²) >= 11 is 0. The van der Waals surface area contributed by atoms with E-state index in [0.717, 1.165) is 25.7 Å². The third kappa shape index (κ3) is 2.20. The van der Waals surface area contributed by atoms with Crippen molar-refractivity contribution in [3.05, 3.63) is 33.9 Å². The molecular formula is C16H19NO4. The standard InChI is InChI=1S/C16H19NO4/c1-11-12(17(19)20)6-5-7-13(11)21-15-10-14(18)16(15)8-3-2-4-9-16/h5-7,15H,2-4,8-10H2,1H3. The molecule has 2 aliphatic carbocycles. The summed E-state index contributed by atoms with van der Waals surface area (Å²) in [6, 6.07) is 4.86. The number of carbonyl (C=O) groups excluding carboxylic acids is 1. The summed E-state index contributed by atoms with van der Waals surface area (Å²) in [5, 5.41) is 11.0. The lowest BCUT2D eigenvalue weighted by Gasteiger charge is -2.49. The van der Waals surface area contributed by atoms with Gasteiger partial charge in [-0.1, -0.05) is 25.3 Å². The van der Waals surface area contributed by atoms with Crippen LogP contribution in [0.25, 0.3) is 0 Å². The molecule has 0 aromatic heterocycles. The summed E-state index contributed by atoms with van der Waals surface area (Å²) in [7, 11) is 0. The van der Waals surface area contributed by atoms with Crippen LogP contribution in [0.2, 0.25) is 0 Å². The summed E-state index contributed by atoms with van der Waals surface area (Å²) in [6.07, 6.45) is 5.42. The average Bonchev–Trinajstić information content (AvgIpc) is 2.49. The first-order valence-electron chi connectivity index (χ1n) is 7.48. The molecule has 21 heavy (non-hydrogen) atoms. The largest absolute Gasteiger partial charge is 0.488 e. The molecule has 3 rings (SSSR count). The molecule has 112 valence electrons. The predicted octanol–water partition coefficient (Wildman–Crippen LogP) is 3.57. The smallest absolute Gasteiger partial charge is 0.276 e. The molecule has 0 N–H and O–H groups in total. The Bertz CT molecular complexity index is 590. The highest BCUT2D eigenvalue weighted by atomic mass is 16.6. The lowest BCUT2D eigenvalue weighted by atomic mass is 9.57. The van der Waals surface area contributed by atoms with Gasteiger partial charge in [0.2, 0.25) is 0 Å². The molecule has 1 aromatic carbocycles. The van der Waals surface area contributed by atoms with Crippen molar-refractivity contribution in [2.75, 3.05) is 0 Å². The van der Waals surface area contributed by atoms with Gasteiger partial charge in [-0.3, -0.25) is 14.9 Å². The fourth-order valence-electron chi connectivity index (χ4n) is 3.64. The Balaban J connectivity index is 1.83. The molecule has 5 nitrogen and oxygen atoms in total. The van der Waals surface area contributed by atoms with E-state index in [9.17, 15) is 14.9 Å². The molecule has 0 aliphatic heterocycles. The second-order valence-electron chi connectivity index (χ2n) is 6.11. The van der Waals surface area contributed by atoms with Gasteiger partial charge in [-0.2, -0.15) is 0 Å². The normalized spacial score (nSPS) is 23.7. The molecule has 2 aliphatic rings. The minimum absolute atomic E-state index is 0.0656. The number of nitrogens with zero attached hydrogens (tertiary/aromatic N) is 1. The van der Waals surface area contributed by atoms with Crippen molar-refractivity contribution in [1.29, 1.82) is 0 Å². The Kier molecular flexibility index (Phi) is 3.43. The number of rotatable bonds is 3. The molecule has 1 unspecified atom stereocenters. The zero-order chi connectivity index (χ0) is 15.0. The number of ketones is 1. The van der Waals surface area contributed by atoms with Crippen molar-refractivity contribution in [2.45, 2.75) is 51.6 Å². The number of hydrogen-bond donors (Lipinski definition) is 0. The number of hydrogen-bond acceptors (Lipinski definition) is 4. The number of ether oxygens (including phenoxy) is 1. The van der Waals surface area contributed by atoms with Gasteiger partial charge in [0.1, 0.15) is 17.6 Å². The van der Waals surface area contributed by atoms with Crippen LogP contribution in [-0.4, -0.2) is 16.8 Å². The zero-order valence-corrected chi connectivity index (χ0v) is 12.1. The summed E-state index contributed by atoms with van der Waals surface area (Å²) in [5.41, 5.74) is 0.277. The van der Waals surface area contributed by atoms with E-state index in [1.807, 2.05) is 0 Å². The second kappa shape index (κ2) is 5.13. The van der Waals surface area contributed by atoms with Gasteiger partial charge in [-0.25, -0.2) is 0 Å². The van der Waals surface area contributed by atoms with Crippen LogP contribution in [-0.2, 0) is 4.79 Å². The molecule has 2 saturated carbocycles. The maximum atomic E-state index is 12.1. The van der Waals surface area contributed by atoms with E-state index in [-0.39, 0.29) is 17.2 Å². The van der Waals surface area contributed by atoms with Crippen LogP contribution >= 0.6 is 0 Å². The molecule has 0 saturated heterocycles. The quantitative estimate of drug-likeness (QED) is 0.630. The van der Waals surface area contributed by atoms with E-state index in [4.69, 9.17) is 4.74 Å². The molecule has 1 spiro atoms. The van der Waals surface area contributed by atoms with E-state index in [1.165, 1.54) is 12.5 Å². The van der Waals surface area contributed by atoms with Crippen molar-refractivity contribution in [2.24, 2.45) is 5.41 Å². The van der Waals surface area contributed by atoms with Crippen molar-refractivity contribution < 1.29 is 14.5 Å². The van der Waals surface area contributed by atoms with Crippen molar-refractivity contribution in [1.82, 2.24) is 0 Å². The first-order chi connectivity index (χ1) is 10.0. The summed E-state index contributed by atoms with van der Waals surface area (Å²) in [5.74, 6) is 0.835. The molecule has 0 radical (unpaired) electrons. The fourth-order valence-corrected chi connectivity index (χ4v) is 3.64. The van der Waals surface area contributed by atoms with E-state index >= 15 is 0 Å². The molecule has 0 bridgehead atoms. The van der Waals surface area contributed by atoms with Crippen LogP contribution in [0.1, 0.15) is 44.1 Å². The van der Waals surface area contributed by atoms with E-state index in [0.29, 0.717) is 23.5 Å². The SMILES string of the molecule is Cc1c(OC2CC(=O)C23CCCCC3)cccc1[N+](=O)[O-]. The van der Waals surface area contributed by atoms with Gasteiger partial charge < -0.3 is 4.74 Å². The summed E-state index contributed by atoms with van der Waals surface area (Å²) < 4.78 is 6.01. The highest BCUT2D eigenvalue weighted by molar-refractivity contribution is 5.92. The van der Waals surface area contributed by atoms with Crippen LogP contribution in [0, 0.1) is 22.5 Å². The van der Waals surface area contributed by atoms with Gasteiger partial charge in [0, 0.05) is 12.5 Å². The lowest BCUT2D eigenvalue weighted by Crippen LogP contribution is -2.57. The number of nitro groups is 1. The zero-order valence-electron chi connectivity index (χ0n) is 12.1. The number of nitro benzene ring substituents is 1. The van der Waals surface area contributed by atoms with Crippen molar-refractivity contribution in [3.8, 4) is 5.75 Å². The highest BCUT2D eigenvalue weighted by Gasteiger charge is 2.56. The maximum absolute atomic E-state index is 12.1. The Hall–Kier alpha value is -1.91. The first kappa shape index (κ1) is 14.0. The van der Waals surface area contributed by atoms with Crippen LogP contribution in [0.4, 0.5) is 5.69 Å². The Morgan fingerprint density at radius 2 is 2.00 bits per heavy atom. The minimum atomic E-state index is -0.398. The van der Waals surface area contributed by atoms with Crippen molar-refractivity contribution in [3.63, 3.8) is 0 Å². The molecule has 2 fully saturated rings.